The van der Waals surface area contributed by atoms with Gasteiger partial charge in [0, 0.05) is 12.6 Å². The fourth-order valence-corrected chi connectivity index (χ4v) is 0.776. The molecule has 0 saturated heterocycles. The highest BCUT2D eigenvalue weighted by Crippen LogP contribution is 1.81. The summed E-state index contributed by atoms with van der Waals surface area (Å²) in [6.45, 7) is 5.45. The average Bonchev–Trinajstić information content (AvgIpc) is 1.96. The quantitative estimate of drug-likeness (QED) is 0.601. The van der Waals surface area contributed by atoms with Crippen LogP contribution in [-0.4, -0.2) is 50.7 Å². The van der Waals surface area contributed by atoms with E-state index in [9.17, 15) is 4.79 Å². The third-order valence-electron chi connectivity index (χ3n) is 1.37. The van der Waals surface area contributed by atoms with Crippen molar-refractivity contribution in [1.82, 2.24) is 10.2 Å². The first-order valence-electron chi connectivity index (χ1n) is 4.54. The summed E-state index contributed by atoms with van der Waals surface area (Å²) in [6, 6.07) is 0.185. The molecular weight excluding hydrogens is 168 g/mol. The first-order valence-corrected chi connectivity index (χ1v) is 4.54. The molecule has 0 aromatic carbocycles. The van der Waals surface area contributed by atoms with Gasteiger partial charge in [0.25, 0.3) is 0 Å². The van der Waals surface area contributed by atoms with Crippen molar-refractivity contribution in [2.45, 2.75) is 19.9 Å². The highest BCUT2D eigenvalue weighted by atomic mass is 16.5. The fourth-order valence-electron chi connectivity index (χ4n) is 0.776. The standard InChI is InChI=1S/C9H20N2O2/c1-8(2)10-9(12)7-13-6-5-11(3)4/h8H,5-7H2,1-4H3,(H,10,12). The molecule has 78 valence electrons. The topological polar surface area (TPSA) is 41.6 Å². The van der Waals surface area contributed by atoms with Gasteiger partial charge in [0.05, 0.1) is 6.61 Å². The van der Waals surface area contributed by atoms with Crippen LogP contribution < -0.4 is 5.32 Å². The molecule has 0 aromatic heterocycles. The minimum Gasteiger partial charge on any atom is -0.370 e. The van der Waals surface area contributed by atoms with E-state index in [4.69, 9.17) is 4.74 Å². The molecule has 0 radical (unpaired) electrons. The lowest BCUT2D eigenvalue weighted by Gasteiger charge is -2.11. The van der Waals surface area contributed by atoms with E-state index in [-0.39, 0.29) is 18.6 Å². The summed E-state index contributed by atoms with van der Waals surface area (Å²) in [6.07, 6.45) is 0. The summed E-state index contributed by atoms with van der Waals surface area (Å²) in [4.78, 5) is 13.1. The molecule has 0 aliphatic carbocycles. The van der Waals surface area contributed by atoms with Crippen LogP contribution in [0.2, 0.25) is 0 Å². The van der Waals surface area contributed by atoms with Crippen molar-refractivity contribution >= 4 is 5.91 Å². The average molecular weight is 188 g/mol. The molecule has 1 amide bonds. The SMILES string of the molecule is CC(C)NC(=O)COCCN(C)C. The van der Waals surface area contributed by atoms with Gasteiger partial charge < -0.3 is 15.0 Å². The molecule has 0 aliphatic heterocycles. The Morgan fingerprint density at radius 3 is 2.54 bits per heavy atom. The minimum atomic E-state index is -0.0474. The Morgan fingerprint density at radius 2 is 2.08 bits per heavy atom. The van der Waals surface area contributed by atoms with E-state index in [0.29, 0.717) is 6.61 Å². The molecule has 0 rings (SSSR count). The van der Waals surface area contributed by atoms with Crippen molar-refractivity contribution in [1.29, 1.82) is 0 Å². The second-order valence-electron chi connectivity index (χ2n) is 3.58. The Morgan fingerprint density at radius 1 is 1.46 bits per heavy atom. The van der Waals surface area contributed by atoms with Crippen LogP contribution in [0.5, 0.6) is 0 Å². The Balaban J connectivity index is 3.27. The summed E-state index contributed by atoms with van der Waals surface area (Å²) in [5.74, 6) is -0.0474. The molecule has 0 atom stereocenters. The van der Waals surface area contributed by atoms with Gasteiger partial charge in [-0.2, -0.15) is 0 Å². The lowest BCUT2D eigenvalue weighted by Crippen LogP contribution is -2.34. The van der Waals surface area contributed by atoms with Crippen LogP contribution in [-0.2, 0) is 9.53 Å². The van der Waals surface area contributed by atoms with Crippen molar-refractivity contribution in [3.63, 3.8) is 0 Å². The van der Waals surface area contributed by atoms with Gasteiger partial charge in [-0.25, -0.2) is 0 Å². The number of nitrogens with one attached hydrogen (secondary N) is 1. The molecule has 0 saturated carbocycles. The van der Waals surface area contributed by atoms with Crippen molar-refractivity contribution < 1.29 is 9.53 Å². The molecular formula is C9H20N2O2. The molecule has 0 heterocycles. The molecule has 4 nitrogen and oxygen atoms in total. The van der Waals surface area contributed by atoms with Crippen LogP contribution >= 0.6 is 0 Å². The van der Waals surface area contributed by atoms with E-state index >= 15 is 0 Å². The summed E-state index contributed by atoms with van der Waals surface area (Å²) >= 11 is 0. The lowest BCUT2D eigenvalue weighted by molar-refractivity contribution is -0.126. The zero-order valence-corrected chi connectivity index (χ0v) is 8.96. The van der Waals surface area contributed by atoms with E-state index in [1.54, 1.807) is 0 Å². The Labute approximate surface area is 80.2 Å². The van der Waals surface area contributed by atoms with Gasteiger partial charge in [-0.3, -0.25) is 4.79 Å². The first-order chi connectivity index (χ1) is 6.02. The zero-order chi connectivity index (χ0) is 10.3. The second kappa shape index (κ2) is 6.86. The van der Waals surface area contributed by atoms with Gasteiger partial charge in [-0.1, -0.05) is 0 Å². The first kappa shape index (κ1) is 12.4. The van der Waals surface area contributed by atoms with E-state index in [0.717, 1.165) is 6.54 Å². The van der Waals surface area contributed by atoms with Gasteiger partial charge in [0.15, 0.2) is 0 Å². The second-order valence-corrected chi connectivity index (χ2v) is 3.58. The molecule has 0 spiro atoms. The fraction of sp³-hybridized carbons (Fsp3) is 0.889. The highest BCUT2D eigenvalue weighted by Gasteiger charge is 2.02. The number of carbonyl (C=O) groups excluding carboxylic acids is 1. The lowest BCUT2D eigenvalue weighted by atomic mass is 10.4. The summed E-state index contributed by atoms with van der Waals surface area (Å²) in [7, 11) is 3.94. The largest absolute Gasteiger partial charge is 0.370 e. The Bertz CT molecular complexity index is 147. The predicted octanol–water partition coefficient (Wildman–Crippen LogP) is 0.0892. The number of ether oxygens (including phenoxy) is 1. The van der Waals surface area contributed by atoms with Gasteiger partial charge in [0.2, 0.25) is 5.91 Å². The van der Waals surface area contributed by atoms with Crippen LogP contribution in [0.3, 0.4) is 0 Å². The summed E-state index contributed by atoms with van der Waals surface area (Å²) in [5.41, 5.74) is 0. The van der Waals surface area contributed by atoms with Crippen LogP contribution in [0.1, 0.15) is 13.8 Å². The van der Waals surface area contributed by atoms with Crippen LogP contribution in [0, 0.1) is 0 Å². The predicted molar refractivity (Wildman–Crippen MR) is 52.7 cm³/mol. The number of carbonyl (C=O) groups is 1. The third-order valence-corrected chi connectivity index (χ3v) is 1.37. The number of rotatable bonds is 6. The molecule has 13 heavy (non-hydrogen) atoms. The van der Waals surface area contributed by atoms with Gasteiger partial charge >= 0.3 is 0 Å². The van der Waals surface area contributed by atoms with Crippen molar-refractivity contribution in [3.8, 4) is 0 Å². The number of amides is 1. The maximum Gasteiger partial charge on any atom is 0.246 e. The maximum atomic E-state index is 11.0. The van der Waals surface area contributed by atoms with Gasteiger partial charge in [-0.15, -0.1) is 0 Å². The number of likely N-dealkylation sites (N-methyl/N-ethyl adjacent to an activating group) is 1. The minimum absolute atomic E-state index is 0.0474. The third kappa shape index (κ3) is 9.30. The van der Waals surface area contributed by atoms with E-state index in [1.807, 2.05) is 32.8 Å². The van der Waals surface area contributed by atoms with Crippen LogP contribution in [0.25, 0.3) is 0 Å². The Kier molecular flexibility index (Phi) is 6.54. The molecule has 4 heteroatoms. The molecule has 0 fully saturated rings. The molecule has 0 bridgehead atoms. The normalized spacial score (nSPS) is 10.9. The van der Waals surface area contributed by atoms with E-state index < -0.39 is 0 Å². The van der Waals surface area contributed by atoms with Crippen molar-refractivity contribution in [2.75, 3.05) is 33.9 Å². The van der Waals surface area contributed by atoms with Crippen molar-refractivity contribution in [2.24, 2.45) is 0 Å². The Hall–Kier alpha value is -0.610. The van der Waals surface area contributed by atoms with Crippen LogP contribution in [0.4, 0.5) is 0 Å². The monoisotopic (exact) mass is 188 g/mol. The molecule has 0 aliphatic rings. The number of hydrogen-bond acceptors (Lipinski definition) is 3. The van der Waals surface area contributed by atoms with E-state index in [1.165, 1.54) is 0 Å². The smallest absolute Gasteiger partial charge is 0.246 e. The summed E-state index contributed by atoms with van der Waals surface area (Å²) < 4.78 is 5.15. The molecule has 0 aromatic rings. The zero-order valence-electron chi connectivity index (χ0n) is 8.96. The van der Waals surface area contributed by atoms with Gasteiger partial charge in [-0.05, 0) is 27.9 Å². The van der Waals surface area contributed by atoms with Crippen LogP contribution in [0.15, 0.2) is 0 Å². The van der Waals surface area contributed by atoms with E-state index in [2.05, 4.69) is 5.32 Å². The number of nitrogens with zero attached hydrogens (tertiary/aromatic N) is 1. The maximum absolute atomic E-state index is 11.0. The molecule has 1 N–H and O–H groups in total. The number of hydrogen-bond donors (Lipinski definition) is 1. The highest BCUT2D eigenvalue weighted by molar-refractivity contribution is 5.77. The van der Waals surface area contributed by atoms with Crippen molar-refractivity contribution in [3.05, 3.63) is 0 Å². The van der Waals surface area contributed by atoms with Gasteiger partial charge in [0.1, 0.15) is 6.61 Å². The molecule has 0 unspecified atom stereocenters. The summed E-state index contributed by atoms with van der Waals surface area (Å²) in [5, 5.41) is 2.75.